The van der Waals surface area contributed by atoms with E-state index in [1.807, 2.05) is 37.4 Å². The molecule has 21 heavy (non-hydrogen) atoms. The maximum absolute atomic E-state index is 13.8. The Morgan fingerprint density at radius 2 is 1.90 bits per heavy atom. The van der Waals surface area contributed by atoms with E-state index in [0.29, 0.717) is 12.2 Å². The predicted octanol–water partition coefficient (Wildman–Crippen LogP) is 4.65. The number of halogens is 2. The van der Waals surface area contributed by atoms with E-state index in [-0.39, 0.29) is 11.6 Å². The fourth-order valence-corrected chi connectivity index (χ4v) is 2.22. The summed E-state index contributed by atoms with van der Waals surface area (Å²) in [4.78, 5) is 5.03. The van der Waals surface area contributed by atoms with E-state index in [1.165, 1.54) is 0 Å². The van der Waals surface area contributed by atoms with Gasteiger partial charge in [-0.1, -0.05) is 13.0 Å². The molecule has 1 aromatic heterocycles. The Labute approximate surface area is 127 Å². The zero-order valence-electron chi connectivity index (χ0n) is 11.9. The van der Waals surface area contributed by atoms with Gasteiger partial charge in [0.25, 0.3) is 0 Å². The van der Waals surface area contributed by atoms with Crippen molar-refractivity contribution in [1.82, 2.24) is 4.98 Å². The molecule has 3 nitrogen and oxygen atoms in total. The zero-order valence-corrected chi connectivity index (χ0v) is 12.7. The summed E-state index contributed by atoms with van der Waals surface area (Å²) in [6, 6.07) is 8.35. The van der Waals surface area contributed by atoms with Crippen molar-refractivity contribution in [3.63, 3.8) is 0 Å². The van der Waals surface area contributed by atoms with Crippen LogP contribution in [-0.4, -0.2) is 17.8 Å². The van der Waals surface area contributed by atoms with Crippen LogP contribution < -0.4 is 10.6 Å². The van der Waals surface area contributed by atoms with Gasteiger partial charge in [0.2, 0.25) is 0 Å². The fraction of sp³-hybridized carbons (Fsp3) is 0.267. The summed E-state index contributed by atoms with van der Waals surface area (Å²) >= 11 is 1.59. The molecule has 0 saturated heterocycles. The second-order valence-electron chi connectivity index (χ2n) is 4.43. The van der Waals surface area contributed by atoms with Crippen molar-refractivity contribution in [1.29, 1.82) is 0 Å². The van der Waals surface area contributed by atoms with Gasteiger partial charge in [-0.25, -0.2) is 13.8 Å². The van der Waals surface area contributed by atoms with Crippen LogP contribution in [0, 0.1) is 11.6 Å². The average molecular weight is 309 g/mol. The first-order chi connectivity index (χ1) is 10.1. The quantitative estimate of drug-likeness (QED) is 0.762. The maximum atomic E-state index is 13.8. The monoisotopic (exact) mass is 309 g/mol. The highest BCUT2D eigenvalue weighted by Crippen LogP contribution is 2.25. The van der Waals surface area contributed by atoms with Gasteiger partial charge in [0.05, 0.1) is 0 Å². The van der Waals surface area contributed by atoms with Gasteiger partial charge in [-0.2, -0.15) is 0 Å². The summed E-state index contributed by atoms with van der Waals surface area (Å²) in [5, 5.41) is 5.73. The number of pyridine rings is 1. The van der Waals surface area contributed by atoms with Crippen LogP contribution in [0.15, 0.2) is 35.2 Å². The minimum Gasteiger partial charge on any atom is -0.368 e. The lowest BCUT2D eigenvalue weighted by atomic mass is 10.3. The topological polar surface area (TPSA) is 37.0 Å². The van der Waals surface area contributed by atoms with Gasteiger partial charge in [-0.15, -0.1) is 11.8 Å². The van der Waals surface area contributed by atoms with Gasteiger partial charge in [-0.05, 0) is 30.9 Å². The van der Waals surface area contributed by atoms with Crippen molar-refractivity contribution in [3.8, 4) is 0 Å². The number of nitrogens with one attached hydrogen (secondary N) is 2. The third-order valence-corrected chi connectivity index (χ3v) is 3.53. The molecule has 0 aliphatic heterocycles. The molecule has 2 N–H and O–H groups in total. The number of nitrogens with zero attached hydrogens (tertiary/aromatic N) is 1. The highest BCUT2D eigenvalue weighted by molar-refractivity contribution is 7.98. The summed E-state index contributed by atoms with van der Waals surface area (Å²) in [6.07, 6.45) is 2.79. The van der Waals surface area contributed by atoms with Crippen molar-refractivity contribution in [3.05, 3.63) is 42.0 Å². The van der Waals surface area contributed by atoms with Gasteiger partial charge < -0.3 is 10.6 Å². The molecular formula is C15H17F2N3S. The Kier molecular flexibility index (Phi) is 5.38. The van der Waals surface area contributed by atoms with Crippen molar-refractivity contribution in [2.75, 3.05) is 23.4 Å². The number of benzene rings is 1. The largest absolute Gasteiger partial charge is 0.368 e. The van der Waals surface area contributed by atoms with Crippen molar-refractivity contribution < 1.29 is 8.78 Å². The van der Waals surface area contributed by atoms with Crippen molar-refractivity contribution in [2.24, 2.45) is 0 Å². The maximum Gasteiger partial charge on any atom is 0.169 e. The first kappa shape index (κ1) is 15.6. The molecule has 0 radical (unpaired) electrons. The van der Waals surface area contributed by atoms with E-state index in [9.17, 15) is 8.78 Å². The van der Waals surface area contributed by atoms with Crippen molar-refractivity contribution >= 4 is 29.1 Å². The molecule has 0 bridgehead atoms. The first-order valence-corrected chi connectivity index (χ1v) is 7.87. The molecule has 0 aliphatic carbocycles. The smallest absolute Gasteiger partial charge is 0.169 e. The number of hydrogen-bond donors (Lipinski definition) is 2. The Bertz CT molecular complexity index is 620. The van der Waals surface area contributed by atoms with Gasteiger partial charge in [0.1, 0.15) is 0 Å². The van der Waals surface area contributed by atoms with Crippen LogP contribution in [-0.2, 0) is 0 Å². The lowest BCUT2D eigenvalue weighted by Crippen LogP contribution is -2.07. The molecule has 1 aromatic carbocycles. The number of anilines is 3. The van der Waals surface area contributed by atoms with Crippen LogP contribution >= 0.6 is 11.8 Å². The Morgan fingerprint density at radius 3 is 2.62 bits per heavy atom. The molecular weight excluding hydrogens is 292 g/mol. The number of aromatic nitrogens is 1. The summed E-state index contributed by atoms with van der Waals surface area (Å²) in [5.74, 6) is -1.34. The minimum atomic E-state index is -0.718. The second kappa shape index (κ2) is 7.26. The first-order valence-electron chi connectivity index (χ1n) is 6.65. The highest BCUT2D eigenvalue weighted by Gasteiger charge is 2.12. The number of thioether (sulfide) groups is 1. The Hall–Kier alpha value is -1.82. The molecule has 2 aromatic rings. The molecule has 112 valence electrons. The standard InChI is InChI=1S/C15H17F2N3S/c1-3-7-18-14-12(16)9-13(17)15(20-14)19-10-5-4-6-11(8-10)21-2/h4-6,8-9H,3,7H2,1-2H3,(H2,18,19,20). The zero-order chi connectivity index (χ0) is 15.2. The number of rotatable bonds is 6. The van der Waals surface area contributed by atoms with Crippen LogP contribution in [0.25, 0.3) is 0 Å². The second-order valence-corrected chi connectivity index (χ2v) is 5.31. The summed E-state index contributed by atoms with van der Waals surface area (Å²) in [6.45, 7) is 2.54. The molecule has 0 saturated carbocycles. The van der Waals surface area contributed by atoms with E-state index in [2.05, 4.69) is 15.6 Å². The third kappa shape index (κ3) is 4.07. The molecule has 6 heteroatoms. The fourth-order valence-electron chi connectivity index (χ4n) is 1.76. The normalized spacial score (nSPS) is 10.5. The van der Waals surface area contributed by atoms with Crippen LogP contribution in [0.4, 0.5) is 26.1 Å². The Balaban J connectivity index is 2.25. The molecule has 0 aliphatic rings. The lowest BCUT2D eigenvalue weighted by Gasteiger charge is -2.11. The molecule has 1 heterocycles. The van der Waals surface area contributed by atoms with E-state index in [0.717, 1.165) is 17.4 Å². The predicted molar refractivity (Wildman–Crippen MR) is 84.4 cm³/mol. The minimum absolute atomic E-state index is 0.00764. The van der Waals surface area contributed by atoms with Crippen LogP contribution in [0.1, 0.15) is 13.3 Å². The van der Waals surface area contributed by atoms with Gasteiger partial charge >= 0.3 is 0 Å². The van der Waals surface area contributed by atoms with E-state index in [1.54, 1.807) is 11.8 Å². The average Bonchev–Trinajstić information content (AvgIpc) is 2.49. The lowest BCUT2D eigenvalue weighted by molar-refractivity contribution is 0.579. The SMILES string of the molecule is CCCNc1nc(Nc2cccc(SC)c2)c(F)cc1F. The molecule has 0 unspecified atom stereocenters. The summed E-state index contributed by atoms with van der Waals surface area (Å²) < 4.78 is 27.4. The number of hydrogen-bond acceptors (Lipinski definition) is 4. The molecule has 0 spiro atoms. The molecule has 0 amide bonds. The molecule has 0 fully saturated rings. The molecule has 0 atom stereocenters. The van der Waals surface area contributed by atoms with Gasteiger partial charge in [0.15, 0.2) is 23.3 Å². The van der Waals surface area contributed by atoms with Crippen molar-refractivity contribution in [2.45, 2.75) is 18.2 Å². The van der Waals surface area contributed by atoms with Gasteiger partial charge in [-0.3, -0.25) is 0 Å². The van der Waals surface area contributed by atoms with Gasteiger partial charge in [0, 0.05) is 23.2 Å². The van der Waals surface area contributed by atoms with E-state index >= 15 is 0 Å². The van der Waals surface area contributed by atoms with Crippen LogP contribution in [0.5, 0.6) is 0 Å². The van der Waals surface area contributed by atoms with E-state index in [4.69, 9.17) is 0 Å². The highest BCUT2D eigenvalue weighted by atomic mass is 32.2. The summed E-state index contributed by atoms with van der Waals surface area (Å²) in [5.41, 5.74) is 0.710. The molecule has 2 rings (SSSR count). The third-order valence-electron chi connectivity index (χ3n) is 2.80. The van der Waals surface area contributed by atoms with Crippen LogP contribution in [0.2, 0.25) is 0 Å². The summed E-state index contributed by atoms with van der Waals surface area (Å²) in [7, 11) is 0. The Morgan fingerprint density at radius 1 is 1.14 bits per heavy atom. The van der Waals surface area contributed by atoms with Crippen LogP contribution in [0.3, 0.4) is 0 Å². The van der Waals surface area contributed by atoms with E-state index < -0.39 is 11.6 Å².